The Morgan fingerprint density at radius 1 is 1.07 bits per heavy atom. The number of carbonyl (C=O) groups is 2. The summed E-state index contributed by atoms with van der Waals surface area (Å²) in [4.78, 5) is 27.3. The quantitative estimate of drug-likeness (QED) is 0.717. The predicted molar refractivity (Wildman–Crippen MR) is 116 cm³/mol. The third-order valence-electron chi connectivity index (χ3n) is 5.25. The maximum Gasteiger partial charge on any atom is 0.241 e. The largest absolute Gasteiger partial charge is 0.326 e. The van der Waals surface area contributed by atoms with E-state index in [0.717, 1.165) is 47.3 Å². The molecule has 0 spiro atoms. The van der Waals surface area contributed by atoms with E-state index in [2.05, 4.69) is 31.5 Å². The number of anilines is 2. The minimum atomic E-state index is -0.244. The van der Waals surface area contributed by atoms with Crippen LogP contribution >= 0.6 is 15.9 Å². The van der Waals surface area contributed by atoms with Gasteiger partial charge in [0.1, 0.15) is 0 Å². The first-order valence-corrected chi connectivity index (χ1v) is 10.4. The van der Waals surface area contributed by atoms with Gasteiger partial charge in [0.05, 0.1) is 11.7 Å². The van der Waals surface area contributed by atoms with Crippen LogP contribution in [0.2, 0.25) is 0 Å². The van der Waals surface area contributed by atoms with Crippen LogP contribution in [0.4, 0.5) is 11.4 Å². The molecule has 1 aliphatic rings. The fraction of sp³-hybridized carbons (Fsp3) is 0.364. The molecule has 0 aliphatic carbocycles. The van der Waals surface area contributed by atoms with Crippen molar-refractivity contribution in [2.24, 2.45) is 5.92 Å². The number of halogens is 1. The number of hydrogen-bond donors (Lipinski definition) is 2. The molecule has 1 fully saturated rings. The zero-order valence-electron chi connectivity index (χ0n) is 16.2. The lowest BCUT2D eigenvalue weighted by molar-refractivity contribution is -0.123. The standard InChI is InChI=1S/C22H26BrN3O2/c1-15-8-9-20(19(23)14-15)25-21(27)16(2)26-12-10-17(11-13-26)22(28)24-18-6-4-3-5-7-18/h3-9,14,16-17H,10-13H2,1-2H3,(H,24,28)(H,25,27). The summed E-state index contributed by atoms with van der Waals surface area (Å²) < 4.78 is 0.879. The van der Waals surface area contributed by atoms with Crippen LogP contribution in [0, 0.1) is 12.8 Å². The highest BCUT2D eigenvalue weighted by Crippen LogP contribution is 2.25. The molecule has 0 saturated carbocycles. The van der Waals surface area contributed by atoms with Crippen LogP contribution in [-0.4, -0.2) is 35.8 Å². The number of benzene rings is 2. The highest BCUT2D eigenvalue weighted by Gasteiger charge is 2.30. The molecule has 1 saturated heterocycles. The number of nitrogens with one attached hydrogen (secondary N) is 2. The topological polar surface area (TPSA) is 61.4 Å². The van der Waals surface area contributed by atoms with Gasteiger partial charge < -0.3 is 10.6 Å². The maximum atomic E-state index is 12.7. The number of amides is 2. The Morgan fingerprint density at radius 2 is 1.75 bits per heavy atom. The third kappa shape index (κ3) is 5.20. The second-order valence-electron chi connectivity index (χ2n) is 7.31. The van der Waals surface area contributed by atoms with E-state index in [9.17, 15) is 9.59 Å². The molecule has 3 rings (SSSR count). The fourth-order valence-corrected chi connectivity index (χ4v) is 4.03. The highest BCUT2D eigenvalue weighted by atomic mass is 79.9. The molecule has 5 nitrogen and oxygen atoms in total. The smallest absolute Gasteiger partial charge is 0.241 e. The summed E-state index contributed by atoms with van der Waals surface area (Å²) >= 11 is 3.50. The van der Waals surface area contributed by atoms with Crippen molar-refractivity contribution in [1.82, 2.24) is 4.90 Å². The summed E-state index contributed by atoms with van der Waals surface area (Å²) in [5.74, 6) is 0.0150. The van der Waals surface area contributed by atoms with Crippen LogP contribution in [0.15, 0.2) is 53.0 Å². The zero-order chi connectivity index (χ0) is 20.1. The van der Waals surface area contributed by atoms with E-state index in [4.69, 9.17) is 0 Å². The molecule has 148 valence electrons. The van der Waals surface area contributed by atoms with Crippen LogP contribution in [0.5, 0.6) is 0 Å². The fourth-order valence-electron chi connectivity index (χ4n) is 3.44. The average molecular weight is 444 g/mol. The molecule has 1 unspecified atom stereocenters. The van der Waals surface area contributed by atoms with Crippen molar-refractivity contribution < 1.29 is 9.59 Å². The second-order valence-corrected chi connectivity index (χ2v) is 8.17. The van der Waals surface area contributed by atoms with Crippen molar-refractivity contribution in [2.45, 2.75) is 32.7 Å². The molecular formula is C22H26BrN3O2. The Kier molecular flexibility index (Phi) is 6.86. The van der Waals surface area contributed by atoms with Crippen molar-refractivity contribution in [3.63, 3.8) is 0 Å². The number of hydrogen-bond acceptors (Lipinski definition) is 3. The van der Waals surface area contributed by atoms with Crippen molar-refractivity contribution in [3.8, 4) is 0 Å². The van der Waals surface area contributed by atoms with E-state index in [0.29, 0.717) is 0 Å². The van der Waals surface area contributed by atoms with Crippen molar-refractivity contribution in [2.75, 3.05) is 23.7 Å². The molecule has 28 heavy (non-hydrogen) atoms. The summed E-state index contributed by atoms with van der Waals surface area (Å²) in [5, 5.41) is 5.97. The summed E-state index contributed by atoms with van der Waals surface area (Å²) in [6.45, 7) is 5.39. The lowest BCUT2D eigenvalue weighted by Crippen LogP contribution is -2.47. The monoisotopic (exact) mass is 443 g/mol. The first-order valence-electron chi connectivity index (χ1n) is 9.61. The Hall–Kier alpha value is -2.18. The average Bonchev–Trinajstić information content (AvgIpc) is 2.70. The van der Waals surface area contributed by atoms with Crippen LogP contribution in [-0.2, 0) is 9.59 Å². The van der Waals surface area contributed by atoms with Gasteiger partial charge in [-0.15, -0.1) is 0 Å². The zero-order valence-corrected chi connectivity index (χ0v) is 17.8. The van der Waals surface area contributed by atoms with Gasteiger partial charge in [0, 0.05) is 16.1 Å². The van der Waals surface area contributed by atoms with Gasteiger partial charge >= 0.3 is 0 Å². The van der Waals surface area contributed by atoms with Gasteiger partial charge in [-0.1, -0.05) is 24.3 Å². The molecule has 0 aromatic heterocycles. The SMILES string of the molecule is Cc1ccc(NC(=O)C(C)N2CCC(C(=O)Nc3ccccc3)CC2)c(Br)c1. The first kappa shape index (κ1) is 20.6. The minimum Gasteiger partial charge on any atom is -0.326 e. The summed E-state index contributed by atoms with van der Waals surface area (Å²) in [7, 11) is 0. The molecule has 1 aliphatic heterocycles. The van der Waals surface area contributed by atoms with Crippen molar-refractivity contribution in [1.29, 1.82) is 0 Å². The third-order valence-corrected chi connectivity index (χ3v) is 5.91. The van der Waals surface area contributed by atoms with Gasteiger partial charge in [-0.2, -0.15) is 0 Å². The van der Waals surface area contributed by atoms with Crippen LogP contribution in [0.3, 0.4) is 0 Å². The Bertz CT molecular complexity index is 833. The molecule has 0 radical (unpaired) electrons. The number of aryl methyl sites for hydroxylation is 1. The summed E-state index contributed by atoms with van der Waals surface area (Å²) in [6.07, 6.45) is 1.51. The number of carbonyl (C=O) groups excluding carboxylic acids is 2. The molecule has 2 aromatic carbocycles. The summed E-state index contributed by atoms with van der Waals surface area (Å²) in [6, 6.07) is 15.1. The lowest BCUT2D eigenvalue weighted by atomic mass is 9.94. The van der Waals surface area contributed by atoms with E-state index in [-0.39, 0.29) is 23.8 Å². The number of nitrogens with zero attached hydrogens (tertiary/aromatic N) is 1. The number of rotatable bonds is 5. The molecule has 6 heteroatoms. The van der Waals surface area contributed by atoms with E-state index in [1.54, 1.807) is 0 Å². The number of piperidine rings is 1. The van der Waals surface area contributed by atoms with Gasteiger partial charge in [-0.25, -0.2) is 0 Å². The number of likely N-dealkylation sites (tertiary alicyclic amines) is 1. The van der Waals surface area contributed by atoms with Gasteiger partial charge in [0.15, 0.2) is 0 Å². The molecule has 2 N–H and O–H groups in total. The molecule has 2 amide bonds. The predicted octanol–water partition coefficient (Wildman–Crippen LogP) is 4.44. The van der Waals surface area contributed by atoms with E-state index in [1.807, 2.05) is 62.4 Å². The first-order chi connectivity index (χ1) is 13.4. The normalized spacial score (nSPS) is 16.4. The number of para-hydroxylation sites is 1. The van der Waals surface area contributed by atoms with Crippen LogP contribution in [0.1, 0.15) is 25.3 Å². The second kappa shape index (κ2) is 9.34. The molecule has 2 aromatic rings. The van der Waals surface area contributed by atoms with Gasteiger partial charge in [0.2, 0.25) is 11.8 Å². The molecule has 1 atom stereocenters. The van der Waals surface area contributed by atoms with Gasteiger partial charge in [-0.3, -0.25) is 14.5 Å². The summed E-state index contributed by atoms with van der Waals surface area (Å²) in [5.41, 5.74) is 2.74. The van der Waals surface area contributed by atoms with Crippen molar-refractivity contribution in [3.05, 3.63) is 58.6 Å². The van der Waals surface area contributed by atoms with E-state index < -0.39 is 0 Å². The van der Waals surface area contributed by atoms with Gasteiger partial charge in [-0.05, 0) is 85.5 Å². The highest BCUT2D eigenvalue weighted by molar-refractivity contribution is 9.10. The Labute approximate surface area is 174 Å². The Morgan fingerprint density at radius 3 is 2.39 bits per heavy atom. The molecule has 1 heterocycles. The Balaban J connectivity index is 1.51. The van der Waals surface area contributed by atoms with Gasteiger partial charge in [0.25, 0.3) is 0 Å². The molecule has 0 bridgehead atoms. The lowest BCUT2D eigenvalue weighted by Gasteiger charge is -2.34. The van der Waals surface area contributed by atoms with E-state index in [1.165, 1.54) is 0 Å². The van der Waals surface area contributed by atoms with Crippen molar-refractivity contribution >= 4 is 39.1 Å². The van der Waals surface area contributed by atoms with Crippen LogP contribution in [0.25, 0.3) is 0 Å². The van der Waals surface area contributed by atoms with E-state index >= 15 is 0 Å². The molecular weight excluding hydrogens is 418 g/mol. The maximum absolute atomic E-state index is 12.7. The minimum absolute atomic E-state index is 0.0158. The van der Waals surface area contributed by atoms with Crippen LogP contribution < -0.4 is 10.6 Å².